The fourth-order valence-electron chi connectivity index (χ4n) is 6.06. The van der Waals surface area contributed by atoms with Crippen molar-refractivity contribution in [1.29, 1.82) is 0 Å². The Kier molecular flexibility index (Phi) is 9.13. The zero-order chi connectivity index (χ0) is 25.5. The van der Waals surface area contributed by atoms with Gasteiger partial charge in [-0.3, -0.25) is 19.3 Å². The number of hydrogen-bond donors (Lipinski definition) is 1. The van der Waals surface area contributed by atoms with E-state index in [1.807, 2.05) is 24.3 Å². The molecule has 196 valence electrons. The van der Waals surface area contributed by atoms with E-state index in [-0.39, 0.29) is 18.8 Å². The third-order valence-electron chi connectivity index (χ3n) is 7.80. The first-order valence-electron chi connectivity index (χ1n) is 13.7. The molecule has 0 bridgehead atoms. The Morgan fingerprint density at radius 2 is 1.78 bits per heavy atom. The molecule has 1 aromatic carbocycles. The molecule has 2 aliphatic rings. The lowest BCUT2D eigenvalue weighted by Gasteiger charge is -2.37. The quantitative estimate of drug-likeness (QED) is 0.555. The van der Waals surface area contributed by atoms with Gasteiger partial charge < -0.3 is 14.6 Å². The number of para-hydroxylation sites is 2. The Bertz CT molecular complexity index is 1110. The third kappa shape index (κ3) is 6.14. The van der Waals surface area contributed by atoms with Crippen molar-refractivity contribution < 1.29 is 14.3 Å². The average Bonchev–Trinajstić information content (AvgIpc) is 3.22. The molecule has 1 aromatic heterocycles. The molecule has 0 radical (unpaired) electrons. The SMILES string of the molecule is CCOC(=O)CNC(=O)c1nc2ccccc2n(CC[C@@H]2CC[C@H](C)N2C2CCCCCCC2)c1=O. The van der Waals surface area contributed by atoms with E-state index in [4.69, 9.17) is 4.74 Å². The molecule has 1 aliphatic carbocycles. The summed E-state index contributed by atoms with van der Waals surface area (Å²) in [4.78, 5) is 45.0. The van der Waals surface area contributed by atoms with Gasteiger partial charge in [-0.05, 0) is 58.1 Å². The highest BCUT2D eigenvalue weighted by molar-refractivity contribution is 5.95. The number of nitrogens with one attached hydrogen (secondary N) is 1. The lowest BCUT2D eigenvalue weighted by molar-refractivity contribution is -0.141. The van der Waals surface area contributed by atoms with Crippen LogP contribution in [0.5, 0.6) is 0 Å². The second-order valence-electron chi connectivity index (χ2n) is 10.2. The number of rotatable bonds is 8. The van der Waals surface area contributed by atoms with Crippen LogP contribution < -0.4 is 10.9 Å². The van der Waals surface area contributed by atoms with Crippen molar-refractivity contribution >= 4 is 22.9 Å². The lowest BCUT2D eigenvalue weighted by Crippen LogP contribution is -2.44. The number of esters is 1. The Hall–Kier alpha value is -2.74. The van der Waals surface area contributed by atoms with E-state index in [2.05, 4.69) is 22.1 Å². The highest BCUT2D eigenvalue weighted by Crippen LogP contribution is 2.33. The fraction of sp³-hybridized carbons (Fsp3) is 0.643. The summed E-state index contributed by atoms with van der Waals surface area (Å²) in [6.07, 6.45) is 12.4. The number of benzene rings is 1. The second kappa shape index (κ2) is 12.5. The minimum atomic E-state index is -0.654. The molecule has 1 aliphatic heterocycles. The molecule has 1 N–H and O–H groups in total. The van der Waals surface area contributed by atoms with E-state index >= 15 is 0 Å². The van der Waals surface area contributed by atoms with Crippen LogP contribution in [0.2, 0.25) is 0 Å². The Balaban J connectivity index is 1.54. The van der Waals surface area contributed by atoms with E-state index in [9.17, 15) is 14.4 Å². The first-order valence-corrected chi connectivity index (χ1v) is 13.7. The summed E-state index contributed by atoms with van der Waals surface area (Å²) >= 11 is 0. The minimum absolute atomic E-state index is 0.185. The number of carbonyl (C=O) groups excluding carboxylic acids is 2. The van der Waals surface area contributed by atoms with Gasteiger partial charge >= 0.3 is 5.97 Å². The molecule has 1 saturated heterocycles. The van der Waals surface area contributed by atoms with Crippen LogP contribution in [0.1, 0.15) is 88.5 Å². The normalized spacial score (nSPS) is 21.7. The monoisotopic (exact) mass is 496 g/mol. The van der Waals surface area contributed by atoms with Crippen LogP contribution in [0, 0.1) is 0 Å². The van der Waals surface area contributed by atoms with Crippen LogP contribution in [0.3, 0.4) is 0 Å². The predicted octanol–water partition coefficient (Wildman–Crippen LogP) is 4.05. The molecule has 8 nitrogen and oxygen atoms in total. The number of nitrogens with zero attached hydrogens (tertiary/aromatic N) is 3. The van der Waals surface area contributed by atoms with Crippen LogP contribution in [0.25, 0.3) is 11.0 Å². The van der Waals surface area contributed by atoms with Gasteiger partial charge in [0.25, 0.3) is 11.5 Å². The summed E-state index contributed by atoms with van der Waals surface area (Å²) in [5.41, 5.74) is 0.719. The van der Waals surface area contributed by atoms with Gasteiger partial charge in [-0.1, -0.05) is 44.2 Å². The van der Waals surface area contributed by atoms with Gasteiger partial charge in [0.1, 0.15) is 6.54 Å². The Morgan fingerprint density at radius 3 is 2.53 bits per heavy atom. The van der Waals surface area contributed by atoms with E-state index in [0.717, 1.165) is 18.4 Å². The van der Waals surface area contributed by atoms with Gasteiger partial charge in [0.15, 0.2) is 5.69 Å². The number of aromatic nitrogens is 2. The van der Waals surface area contributed by atoms with Crippen molar-refractivity contribution in [1.82, 2.24) is 19.8 Å². The summed E-state index contributed by atoms with van der Waals surface area (Å²) in [6, 6.07) is 9.06. The number of likely N-dealkylation sites (tertiary alicyclic amines) is 1. The predicted molar refractivity (Wildman–Crippen MR) is 140 cm³/mol. The molecule has 8 heteroatoms. The number of aryl methyl sites for hydroxylation is 1. The van der Waals surface area contributed by atoms with Gasteiger partial charge in [-0.15, -0.1) is 0 Å². The van der Waals surface area contributed by atoms with Crippen molar-refractivity contribution in [3.05, 3.63) is 40.3 Å². The van der Waals surface area contributed by atoms with Crippen molar-refractivity contribution in [3.8, 4) is 0 Å². The third-order valence-corrected chi connectivity index (χ3v) is 7.80. The van der Waals surface area contributed by atoms with Crippen LogP contribution in [0.4, 0.5) is 0 Å². The van der Waals surface area contributed by atoms with E-state index in [1.165, 1.54) is 51.4 Å². The van der Waals surface area contributed by atoms with E-state index < -0.39 is 17.4 Å². The second-order valence-corrected chi connectivity index (χ2v) is 10.2. The minimum Gasteiger partial charge on any atom is -0.465 e. The van der Waals surface area contributed by atoms with Gasteiger partial charge in [0, 0.05) is 24.7 Å². The molecule has 0 unspecified atom stereocenters. The molecule has 0 spiro atoms. The largest absolute Gasteiger partial charge is 0.465 e. The summed E-state index contributed by atoms with van der Waals surface area (Å²) in [5.74, 6) is -1.20. The van der Waals surface area contributed by atoms with Crippen LogP contribution in [-0.4, -0.2) is 57.6 Å². The highest BCUT2D eigenvalue weighted by Gasteiger charge is 2.35. The molecule has 1 amide bonds. The van der Waals surface area contributed by atoms with Gasteiger partial charge in [0.2, 0.25) is 0 Å². The number of ether oxygens (including phenoxy) is 1. The molecule has 36 heavy (non-hydrogen) atoms. The maximum Gasteiger partial charge on any atom is 0.325 e. The standard InChI is InChI=1S/C28H40N4O4/c1-3-36-25(33)19-29-27(34)26-28(35)31(24-14-10-9-13-23(24)30-26)18-17-22-16-15-20(2)32(22)21-11-7-5-4-6-8-12-21/h9-10,13-14,20-22H,3-8,11-12,15-19H2,1-2H3,(H,29,34)/t20-,22-/m0/s1. The van der Waals surface area contributed by atoms with Crippen LogP contribution in [0.15, 0.2) is 29.1 Å². The van der Waals surface area contributed by atoms with Crippen molar-refractivity contribution in [2.45, 2.75) is 103 Å². The lowest BCUT2D eigenvalue weighted by atomic mass is 9.94. The molecular formula is C28H40N4O4. The Labute approximate surface area is 213 Å². The van der Waals surface area contributed by atoms with E-state index in [0.29, 0.717) is 30.2 Å². The summed E-state index contributed by atoms with van der Waals surface area (Å²) in [5, 5.41) is 2.48. The van der Waals surface area contributed by atoms with Crippen LogP contribution >= 0.6 is 0 Å². The van der Waals surface area contributed by atoms with Gasteiger partial charge in [0.05, 0.1) is 17.6 Å². The molecule has 2 fully saturated rings. The smallest absolute Gasteiger partial charge is 0.325 e. The van der Waals surface area contributed by atoms with Gasteiger partial charge in [-0.25, -0.2) is 4.98 Å². The molecule has 2 atom stereocenters. The highest BCUT2D eigenvalue weighted by atomic mass is 16.5. The molecule has 4 rings (SSSR count). The summed E-state index contributed by atoms with van der Waals surface area (Å²) in [6.45, 7) is 4.51. The molecular weight excluding hydrogens is 456 g/mol. The first kappa shape index (κ1) is 26.3. The van der Waals surface area contributed by atoms with Crippen molar-refractivity contribution in [2.75, 3.05) is 13.2 Å². The zero-order valence-corrected chi connectivity index (χ0v) is 21.7. The van der Waals surface area contributed by atoms with Crippen molar-refractivity contribution in [2.24, 2.45) is 0 Å². The number of fused-ring (bicyclic) bond motifs is 1. The summed E-state index contributed by atoms with van der Waals surface area (Å²) < 4.78 is 6.56. The zero-order valence-electron chi connectivity index (χ0n) is 21.7. The van der Waals surface area contributed by atoms with E-state index in [1.54, 1.807) is 11.5 Å². The number of hydrogen-bond acceptors (Lipinski definition) is 6. The topological polar surface area (TPSA) is 93.5 Å². The number of amides is 1. The Morgan fingerprint density at radius 1 is 1.06 bits per heavy atom. The number of carbonyl (C=O) groups is 2. The van der Waals surface area contributed by atoms with Gasteiger partial charge in [-0.2, -0.15) is 0 Å². The molecule has 2 aromatic rings. The van der Waals surface area contributed by atoms with Crippen molar-refractivity contribution in [3.63, 3.8) is 0 Å². The maximum absolute atomic E-state index is 13.4. The molecule has 1 saturated carbocycles. The summed E-state index contributed by atoms with van der Waals surface area (Å²) in [7, 11) is 0. The average molecular weight is 497 g/mol. The van der Waals surface area contributed by atoms with Crippen LogP contribution in [-0.2, 0) is 16.1 Å². The fourth-order valence-corrected chi connectivity index (χ4v) is 6.06. The molecule has 2 heterocycles. The first-order chi connectivity index (χ1) is 17.5. The maximum atomic E-state index is 13.4.